The Kier molecular flexibility index (Phi) is 5.63. The SMILES string of the molecule is COc1ccc2nc(N(Cc3cccnc3)C(=O)c3ccc(N(C)C)cc3)sc2c1. The Bertz CT molecular complexity index is 1160. The van der Waals surface area contributed by atoms with Gasteiger partial charge < -0.3 is 9.64 Å². The number of methoxy groups -OCH3 is 1. The first kappa shape index (κ1) is 19.8. The first-order chi connectivity index (χ1) is 14.5. The molecule has 7 heteroatoms. The van der Waals surface area contributed by atoms with Crippen LogP contribution in [0.25, 0.3) is 10.2 Å². The molecule has 1 amide bonds. The van der Waals surface area contributed by atoms with E-state index in [0.717, 1.165) is 27.2 Å². The van der Waals surface area contributed by atoms with E-state index < -0.39 is 0 Å². The predicted molar refractivity (Wildman–Crippen MR) is 122 cm³/mol. The molecule has 0 bridgehead atoms. The van der Waals surface area contributed by atoms with Crippen LogP contribution < -0.4 is 14.5 Å². The molecule has 0 fully saturated rings. The van der Waals surface area contributed by atoms with Gasteiger partial charge in [-0.25, -0.2) is 4.98 Å². The number of hydrogen-bond acceptors (Lipinski definition) is 6. The maximum Gasteiger partial charge on any atom is 0.260 e. The van der Waals surface area contributed by atoms with Gasteiger partial charge in [0.25, 0.3) is 5.91 Å². The van der Waals surface area contributed by atoms with E-state index in [1.165, 1.54) is 11.3 Å². The molecule has 0 aliphatic rings. The summed E-state index contributed by atoms with van der Waals surface area (Å²) in [6.07, 6.45) is 3.49. The predicted octanol–water partition coefficient (Wildman–Crippen LogP) is 4.61. The summed E-state index contributed by atoms with van der Waals surface area (Å²) in [6, 6.07) is 17.1. The van der Waals surface area contributed by atoms with E-state index in [9.17, 15) is 4.79 Å². The van der Waals surface area contributed by atoms with Crippen LogP contribution >= 0.6 is 11.3 Å². The number of hydrogen-bond donors (Lipinski definition) is 0. The lowest BCUT2D eigenvalue weighted by Crippen LogP contribution is -2.30. The highest BCUT2D eigenvalue weighted by molar-refractivity contribution is 7.22. The number of thiazole rings is 1. The summed E-state index contributed by atoms with van der Waals surface area (Å²) >= 11 is 1.47. The first-order valence-corrected chi connectivity index (χ1v) is 10.3. The molecule has 152 valence electrons. The van der Waals surface area contributed by atoms with Gasteiger partial charge in [-0.3, -0.25) is 14.7 Å². The maximum atomic E-state index is 13.5. The molecule has 0 atom stereocenters. The van der Waals surface area contributed by atoms with Crippen LogP contribution in [0.3, 0.4) is 0 Å². The van der Waals surface area contributed by atoms with Gasteiger partial charge in [0.1, 0.15) is 5.75 Å². The van der Waals surface area contributed by atoms with E-state index in [2.05, 4.69) is 4.98 Å². The molecule has 4 rings (SSSR count). The van der Waals surface area contributed by atoms with Crippen LogP contribution in [0, 0.1) is 0 Å². The minimum Gasteiger partial charge on any atom is -0.497 e. The third-order valence-corrected chi connectivity index (χ3v) is 5.80. The van der Waals surface area contributed by atoms with Crippen LogP contribution in [0.1, 0.15) is 15.9 Å². The molecule has 2 aromatic heterocycles. The van der Waals surface area contributed by atoms with Gasteiger partial charge in [-0.15, -0.1) is 0 Å². The second kappa shape index (κ2) is 8.51. The smallest absolute Gasteiger partial charge is 0.260 e. The summed E-state index contributed by atoms with van der Waals surface area (Å²) in [6.45, 7) is 0.388. The fourth-order valence-electron chi connectivity index (χ4n) is 3.09. The summed E-state index contributed by atoms with van der Waals surface area (Å²) in [7, 11) is 5.58. The third kappa shape index (κ3) is 4.11. The zero-order chi connectivity index (χ0) is 21.1. The average molecular weight is 419 g/mol. The quantitative estimate of drug-likeness (QED) is 0.458. The number of aromatic nitrogens is 2. The molecule has 0 unspecified atom stereocenters. The van der Waals surface area contributed by atoms with Crippen LogP contribution in [0.15, 0.2) is 67.0 Å². The molecule has 2 heterocycles. The van der Waals surface area contributed by atoms with E-state index in [-0.39, 0.29) is 5.91 Å². The number of amides is 1. The molecule has 0 spiro atoms. The van der Waals surface area contributed by atoms with Gasteiger partial charge in [0, 0.05) is 37.7 Å². The monoisotopic (exact) mass is 418 g/mol. The zero-order valence-electron chi connectivity index (χ0n) is 17.1. The number of anilines is 2. The van der Waals surface area contributed by atoms with E-state index >= 15 is 0 Å². The summed E-state index contributed by atoms with van der Waals surface area (Å²) < 4.78 is 6.29. The number of carbonyl (C=O) groups excluding carboxylic acids is 1. The number of rotatable bonds is 6. The number of fused-ring (bicyclic) bond motifs is 1. The van der Waals surface area contributed by atoms with E-state index in [0.29, 0.717) is 17.2 Å². The van der Waals surface area contributed by atoms with Crippen molar-refractivity contribution in [2.45, 2.75) is 6.54 Å². The first-order valence-electron chi connectivity index (χ1n) is 9.48. The van der Waals surface area contributed by atoms with E-state index in [1.54, 1.807) is 24.4 Å². The van der Waals surface area contributed by atoms with Gasteiger partial charge in [0.15, 0.2) is 5.13 Å². The Hall–Kier alpha value is -3.45. The molecule has 0 radical (unpaired) electrons. The van der Waals surface area contributed by atoms with Gasteiger partial charge in [0.2, 0.25) is 0 Å². The van der Waals surface area contributed by atoms with Gasteiger partial charge in [-0.05, 0) is 54.1 Å². The van der Waals surface area contributed by atoms with Crippen molar-refractivity contribution in [3.63, 3.8) is 0 Å². The van der Waals surface area contributed by atoms with Gasteiger partial charge in [-0.1, -0.05) is 17.4 Å². The number of pyridine rings is 1. The average Bonchev–Trinajstić information content (AvgIpc) is 3.20. The standard InChI is InChI=1S/C23H22N4O2S/c1-26(2)18-8-6-17(7-9-18)22(28)27(15-16-5-4-12-24-14-16)23-25-20-11-10-19(29-3)13-21(20)30-23/h4-14H,15H2,1-3H3. The number of ether oxygens (including phenoxy) is 1. The summed E-state index contributed by atoms with van der Waals surface area (Å²) in [4.78, 5) is 26.1. The van der Waals surface area contributed by atoms with E-state index in [4.69, 9.17) is 9.72 Å². The fraction of sp³-hybridized carbons (Fsp3) is 0.174. The van der Waals surface area contributed by atoms with Crippen molar-refractivity contribution in [3.05, 3.63) is 78.1 Å². The highest BCUT2D eigenvalue weighted by Crippen LogP contribution is 2.33. The van der Waals surface area contributed by atoms with Crippen LogP contribution in [0.4, 0.5) is 10.8 Å². The molecular weight excluding hydrogens is 396 g/mol. The Morgan fingerprint density at radius 3 is 2.57 bits per heavy atom. The molecule has 30 heavy (non-hydrogen) atoms. The normalized spacial score (nSPS) is 10.8. The minimum absolute atomic E-state index is 0.102. The number of benzene rings is 2. The summed E-state index contributed by atoms with van der Waals surface area (Å²) in [5, 5.41) is 0.642. The van der Waals surface area contributed by atoms with Gasteiger partial charge in [-0.2, -0.15) is 0 Å². The van der Waals surface area contributed by atoms with Crippen LogP contribution in [0.5, 0.6) is 5.75 Å². The third-order valence-electron chi connectivity index (χ3n) is 4.75. The minimum atomic E-state index is -0.102. The largest absolute Gasteiger partial charge is 0.497 e. The Labute approximate surface area is 179 Å². The van der Waals surface area contributed by atoms with E-state index in [1.807, 2.05) is 73.6 Å². The molecule has 2 aromatic carbocycles. The highest BCUT2D eigenvalue weighted by Gasteiger charge is 2.22. The molecule has 4 aromatic rings. The highest BCUT2D eigenvalue weighted by atomic mass is 32.1. The molecule has 0 saturated carbocycles. The van der Waals surface area contributed by atoms with Gasteiger partial charge >= 0.3 is 0 Å². The Morgan fingerprint density at radius 2 is 1.90 bits per heavy atom. The topological polar surface area (TPSA) is 58.6 Å². The molecule has 0 aliphatic heterocycles. The molecule has 0 N–H and O–H groups in total. The molecule has 0 saturated heterocycles. The molecule has 0 aliphatic carbocycles. The Morgan fingerprint density at radius 1 is 1.10 bits per heavy atom. The lowest BCUT2D eigenvalue weighted by atomic mass is 10.1. The van der Waals surface area contributed by atoms with Crippen molar-refractivity contribution < 1.29 is 9.53 Å². The maximum absolute atomic E-state index is 13.5. The zero-order valence-corrected chi connectivity index (χ0v) is 17.9. The molecule has 6 nitrogen and oxygen atoms in total. The second-order valence-electron chi connectivity index (χ2n) is 7.02. The summed E-state index contributed by atoms with van der Waals surface area (Å²) in [5.74, 6) is 0.664. The Balaban J connectivity index is 1.73. The number of carbonyl (C=O) groups is 1. The van der Waals surface area contributed by atoms with Crippen molar-refractivity contribution in [1.29, 1.82) is 0 Å². The van der Waals surface area contributed by atoms with Crippen LogP contribution in [-0.2, 0) is 6.54 Å². The second-order valence-corrected chi connectivity index (χ2v) is 8.03. The van der Waals surface area contributed by atoms with Crippen molar-refractivity contribution in [1.82, 2.24) is 9.97 Å². The van der Waals surface area contributed by atoms with Crippen LogP contribution in [-0.4, -0.2) is 37.1 Å². The summed E-state index contributed by atoms with van der Waals surface area (Å²) in [5.41, 5.74) is 3.43. The number of nitrogens with zero attached hydrogens (tertiary/aromatic N) is 4. The van der Waals surface area contributed by atoms with Crippen molar-refractivity contribution in [3.8, 4) is 5.75 Å². The van der Waals surface area contributed by atoms with Crippen molar-refractivity contribution in [2.75, 3.05) is 31.0 Å². The van der Waals surface area contributed by atoms with Gasteiger partial charge in [0.05, 0.1) is 23.9 Å². The van der Waals surface area contributed by atoms with Crippen molar-refractivity contribution in [2.24, 2.45) is 0 Å². The van der Waals surface area contributed by atoms with Crippen LogP contribution in [0.2, 0.25) is 0 Å². The van der Waals surface area contributed by atoms with Crippen molar-refractivity contribution >= 4 is 38.3 Å². The lowest BCUT2D eigenvalue weighted by molar-refractivity contribution is 0.0985. The lowest BCUT2D eigenvalue weighted by Gasteiger charge is -2.20. The molecular formula is C23H22N4O2S. The fourth-order valence-corrected chi connectivity index (χ4v) is 4.09.